The van der Waals surface area contributed by atoms with Crippen LogP contribution in [0.2, 0.25) is 5.02 Å². The number of halogens is 2. The maximum Gasteiger partial charge on any atom is 0.312 e. The van der Waals surface area contributed by atoms with Crippen molar-refractivity contribution in [2.75, 3.05) is 24.7 Å². The van der Waals surface area contributed by atoms with Crippen LogP contribution < -0.4 is 4.90 Å². The summed E-state index contributed by atoms with van der Waals surface area (Å²) in [6, 6.07) is 5.28. The van der Waals surface area contributed by atoms with E-state index in [0.29, 0.717) is 23.6 Å². The van der Waals surface area contributed by atoms with E-state index in [0.717, 1.165) is 0 Å². The number of carbonyl (C=O) groups excluding carboxylic acids is 3. The number of fused-ring (bicyclic) bond motifs is 1. The summed E-state index contributed by atoms with van der Waals surface area (Å²) >= 11 is 10.1. The number of likely N-dealkylation sites (tertiary alicyclic amines) is 1. The standard InChI is InChI=1S/C25H30BrClN2O6/c1-4-11-28(17-10-8-7-9-16(17)27)23(32)21-25-12-15(26)20(35-25)18(24(33)34-6-3)19(25)22(31)29(21)14(5-2)13-30/h4,7-10,14-15,18-21,30H,1,5-6,11-13H2,2-3H3/t14-,15?,18+,19-,20+,21?,25?/m0/s1. The number of ether oxygens (including phenoxy) is 2. The van der Waals surface area contributed by atoms with Crippen LogP contribution in [0.25, 0.3) is 0 Å². The van der Waals surface area contributed by atoms with Crippen LogP contribution in [0.3, 0.4) is 0 Å². The number of rotatable bonds is 9. The van der Waals surface area contributed by atoms with Gasteiger partial charge in [-0.1, -0.05) is 52.7 Å². The average Bonchev–Trinajstić information content (AvgIpc) is 3.43. The molecule has 1 spiro atoms. The molecule has 4 rings (SSSR count). The van der Waals surface area contributed by atoms with Crippen molar-refractivity contribution in [3.05, 3.63) is 41.9 Å². The van der Waals surface area contributed by atoms with E-state index in [1.807, 2.05) is 6.92 Å². The molecule has 1 N–H and O–H groups in total. The third-order valence-electron chi connectivity index (χ3n) is 7.32. The minimum Gasteiger partial charge on any atom is -0.466 e. The third kappa shape index (κ3) is 4.00. The predicted octanol–water partition coefficient (Wildman–Crippen LogP) is 2.94. The second-order valence-corrected chi connectivity index (χ2v) is 10.7. The maximum absolute atomic E-state index is 14.3. The van der Waals surface area contributed by atoms with Gasteiger partial charge in [-0.2, -0.15) is 0 Å². The van der Waals surface area contributed by atoms with Crippen molar-refractivity contribution in [2.45, 2.75) is 55.3 Å². The van der Waals surface area contributed by atoms with Gasteiger partial charge in [-0.05, 0) is 31.9 Å². The average molecular weight is 570 g/mol. The van der Waals surface area contributed by atoms with Crippen molar-refractivity contribution < 1.29 is 29.0 Å². The fourth-order valence-corrected chi connectivity index (χ4v) is 7.10. The van der Waals surface area contributed by atoms with Crippen molar-refractivity contribution in [1.29, 1.82) is 0 Å². The van der Waals surface area contributed by atoms with E-state index < -0.39 is 47.5 Å². The van der Waals surface area contributed by atoms with E-state index in [4.69, 9.17) is 21.1 Å². The highest BCUT2D eigenvalue weighted by molar-refractivity contribution is 9.09. The summed E-state index contributed by atoms with van der Waals surface area (Å²) in [7, 11) is 0. The fourth-order valence-electron chi connectivity index (χ4n) is 5.92. The minimum absolute atomic E-state index is 0.153. The van der Waals surface area contributed by atoms with E-state index in [1.165, 1.54) is 9.80 Å². The van der Waals surface area contributed by atoms with Gasteiger partial charge in [0.2, 0.25) is 5.91 Å². The highest BCUT2D eigenvalue weighted by Crippen LogP contribution is 2.61. The Morgan fingerprint density at radius 3 is 2.74 bits per heavy atom. The zero-order valence-electron chi connectivity index (χ0n) is 19.7. The Morgan fingerprint density at radius 1 is 1.43 bits per heavy atom. The SMILES string of the molecule is C=CCN(C(=O)C1N([C@@H](CC)CO)C(=O)[C@@H]2[C@@H](C(=O)OCC)[C@@H]3OC12CC3Br)c1ccccc1Cl. The monoisotopic (exact) mass is 568 g/mol. The zero-order valence-corrected chi connectivity index (χ0v) is 22.1. The molecule has 3 aliphatic heterocycles. The van der Waals surface area contributed by atoms with Crippen LogP contribution in [0.15, 0.2) is 36.9 Å². The molecule has 10 heteroatoms. The molecule has 2 bridgehead atoms. The lowest BCUT2D eigenvalue weighted by atomic mass is 9.70. The number of esters is 1. The summed E-state index contributed by atoms with van der Waals surface area (Å²) in [5.41, 5.74) is -0.763. The van der Waals surface area contributed by atoms with Crippen LogP contribution in [-0.4, -0.2) is 76.2 Å². The van der Waals surface area contributed by atoms with Crippen LogP contribution in [-0.2, 0) is 23.9 Å². The number of hydrogen-bond acceptors (Lipinski definition) is 6. The van der Waals surface area contributed by atoms with Gasteiger partial charge in [-0.3, -0.25) is 14.4 Å². The molecule has 0 radical (unpaired) electrons. The molecule has 0 aromatic heterocycles. The number of aliphatic hydroxyl groups excluding tert-OH is 1. The quantitative estimate of drug-likeness (QED) is 0.279. The molecule has 0 aliphatic carbocycles. The first-order chi connectivity index (χ1) is 16.8. The molecule has 3 fully saturated rings. The number of carbonyl (C=O) groups is 3. The topological polar surface area (TPSA) is 96.4 Å². The van der Waals surface area contributed by atoms with Gasteiger partial charge in [0.1, 0.15) is 11.6 Å². The first-order valence-corrected chi connectivity index (χ1v) is 13.1. The van der Waals surface area contributed by atoms with Crippen LogP contribution in [0.5, 0.6) is 0 Å². The summed E-state index contributed by atoms with van der Waals surface area (Å²) in [5, 5.41) is 10.5. The summed E-state index contributed by atoms with van der Waals surface area (Å²) < 4.78 is 11.8. The van der Waals surface area contributed by atoms with E-state index in [-0.39, 0.29) is 30.5 Å². The van der Waals surface area contributed by atoms with E-state index in [1.54, 1.807) is 37.3 Å². The van der Waals surface area contributed by atoms with Crippen LogP contribution >= 0.6 is 27.5 Å². The lowest BCUT2D eigenvalue weighted by Crippen LogP contribution is -2.59. The Balaban J connectivity index is 1.85. The smallest absolute Gasteiger partial charge is 0.312 e. The first-order valence-electron chi connectivity index (χ1n) is 11.9. The van der Waals surface area contributed by atoms with Crippen molar-refractivity contribution in [1.82, 2.24) is 4.90 Å². The number of benzene rings is 1. The molecule has 0 saturated carbocycles. The van der Waals surface area contributed by atoms with Gasteiger partial charge >= 0.3 is 5.97 Å². The molecular formula is C25H30BrClN2O6. The Morgan fingerprint density at radius 2 is 2.14 bits per heavy atom. The lowest BCUT2D eigenvalue weighted by Gasteiger charge is -2.39. The first kappa shape index (κ1) is 26.1. The van der Waals surface area contributed by atoms with Crippen LogP contribution in [0, 0.1) is 11.8 Å². The molecule has 3 unspecified atom stereocenters. The summed E-state index contributed by atoms with van der Waals surface area (Å²) in [6.45, 7) is 7.33. The van der Waals surface area contributed by atoms with Gasteiger partial charge in [0.15, 0.2) is 0 Å². The summed E-state index contributed by atoms with van der Waals surface area (Å²) in [5.74, 6) is -3.01. The molecule has 3 saturated heterocycles. The Hall–Kier alpha value is -1.94. The van der Waals surface area contributed by atoms with Gasteiger partial charge in [-0.25, -0.2) is 0 Å². The summed E-state index contributed by atoms with van der Waals surface area (Å²) in [4.78, 5) is 44.0. The zero-order chi connectivity index (χ0) is 25.5. The molecule has 3 heterocycles. The molecule has 7 atom stereocenters. The second-order valence-electron chi connectivity index (χ2n) is 9.09. The van der Waals surface area contributed by atoms with Crippen molar-refractivity contribution in [3.8, 4) is 0 Å². The molecule has 190 valence electrons. The predicted molar refractivity (Wildman–Crippen MR) is 134 cm³/mol. The Kier molecular flexibility index (Phi) is 7.62. The fraction of sp³-hybridized carbons (Fsp3) is 0.560. The molecule has 1 aromatic rings. The molecule has 3 aliphatic rings. The van der Waals surface area contributed by atoms with Gasteiger partial charge < -0.3 is 24.4 Å². The Labute approximate surface area is 218 Å². The minimum atomic E-state index is -1.24. The second kappa shape index (κ2) is 10.2. The number of para-hydroxylation sites is 1. The van der Waals surface area contributed by atoms with Crippen molar-refractivity contribution in [2.24, 2.45) is 11.8 Å². The number of amides is 2. The van der Waals surface area contributed by atoms with Crippen molar-refractivity contribution in [3.63, 3.8) is 0 Å². The van der Waals surface area contributed by atoms with Gasteiger partial charge in [0, 0.05) is 11.4 Å². The number of anilines is 1. The number of nitrogens with zero attached hydrogens (tertiary/aromatic N) is 2. The highest BCUT2D eigenvalue weighted by atomic mass is 79.9. The number of hydrogen-bond donors (Lipinski definition) is 1. The lowest BCUT2D eigenvalue weighted by molar-refractivity contribution is -0.155. The molecule has 35 heavy (non-hydrogen) atoms. The largest absolute Gasteiger partial charge is 0.466 e. The third-order valence-corrected chi connectivity index (χ3v) is 8.48. The molecular weight excluding hydrogens is 540 g/mol. The van der Waals surface area contributed by atoms with E-state index >= 15 is 0 Å². The normalized spacial score (nSPS) is 31.9. The van der Waals surface area contributed by atoms with Gasteiger partial charge in [0.05, 0.1) is 47.9 Å². The van der Waals surface area contributed by atoms with Gasteiger partial charge in [0.25, 0.3) is 5.91 Å². The molecule has 1 aromatic carbocycles. The summed E-state index contributed by atoms with van der Waals surface area (Å²) in [6.07, 6.45) is 1.78. The Bertz CT molecular complexity index is 1020. The molecule has 8 nitrogen and oxygen atoms in total. The van der Waals surface area contributed by atoms with E-state index in [2.05, 4.69) is 22.5 Å². The van der Waals surface area contributed by atoms with Crippen molar-refractivity contribution >= 4 is 51.0 Å². The van der Waals surface area contributed by atoms with Gasteiger partial charge in [-0.15, -0.1) is 6.58 Å². The number of aliphatic hydroxyl groups is 1. The number of alkyl halides is 1. The maximum atomic E-state index is 14.3. The highest BCUT2D eigenvalue weighted by Gasteiger charge is 2.77. The van der Waals surface area contributed by atoms with Crippen LogP contribution in [0.4, 0.5) is 5.69 Å². The van der Waals surface area contributed by atoms with Crippen LogP contribution in [0.1, 0.15) is 26.7 Å². The van der Waals surface area contributed by atoms with E-state index in [9.17, 15) is 19.5 Å². The molecule has 2 amide bonds.